The molecule has 0 radical (unpaired) electrons. The minimum Gasteiger partial charge on any atom is -0.337 e. The van der Waals surface area contributed by atoms with E-state index < -0.39 is 0 Å². The van der Waals surface area contributed by atoms with E-state index in [1.165, 1.54) is 12.0 Å². The predicted octanol–water partition coefficient (Wildman–Crippen LogP) is 3.98. The van der Waals surface area contributed by atoms with Crippen molar-refractivity contribution in [1.82, 2.24) is 19.2 Å². The Labute approximate surface area is 178 Å². The fourth-order valence-electron chi connectivity index (χ4n) is 5.57. The molecule has 2 fully saturated rings. The van der Waals surface area contributed by atoms with Crippen LogP contribution in [0.3, 0.4) is 0 Å². The van der Waals surface area contributed by atoms with Crippen LogP contribution in [0, 0.1) is 12.3 Å². The summed E-state index contributed by atoms with van der Waals surface area (Å²) < 4.78 is 2.00. The molecule has 0 unspecified atom stereocenters. The number of carbonyl (C=O) groups is 1. The topological polar surface area (TPSA) is 40.9 Å². The average Bonchev–Trinajstić information content (AvgIpc) is 3.20. The van der Waals surface area contributed by atoms with Crippen LogP contribution in [0.2, 0.25) is 0 Å². The molecule has 1 amide bonds. The first kappa shape index (κ1) is 19.3. The first-order valence-electron chi connectivity index (χ1n) is 11.0. The molecule has 2 aliphatic heterocycles. The molecule has 5 rings (SSSR count). The number of nitrogens with zero attached hydrogens (tertiary/aromatic N) is 4. The zero-order chi connectivity index (χ0) is 20.7. The molecule has 1 aromatic carbocycles. The van der Waals surface area contributed by atoms with Crippen LogP contribution in [0.25, 0.3) is 5.65 Å². The van der Waals surface area contributed by atoms with E-state index in [2.05, 4.69) is 47.3 Å². The van der Waals surface area contributed by atoms with Gasteiger partial charge in [-0.25, -0.2) is 4.98 Å². The van der Waals surface area contributed by atoms with Gasteiger partial charge in [-0.3, -0.25) is 4.79 Å². The summed E-state index contributed by atoms with van der Waals surface area (Å²) in [4.78, 5) is 22.2. The lowest BCUT2D eigenvalue weighted by atomic mass is 9.68. The van der Waals surface area contributed by atoms with Crippen LogP contribution in [0.1, 0.15) is 46.9 Å². The van der Waals surface area contributed by atoms with E-state index >= 15 is 0 Å². The number of pyridine rings is 1. The van der Waals surface area contributed by atoms with Gasteiger partial charge in [0.2, 0.25) is 0 Å². The summed E-state index contributed by atoms with van der Waals surface area (Å²) in [5.74, 6) is 0.644. The maximum atomic E-state index is 13.1. The van der Waals surface area contributed by atoms with Gasteiger partial charge in [-0.2, -0.15) is 0 Å². The van der Waals surface area contributed by atoms with Gasteiger partial charge < -0.3 is 14.2 Å². The number of fused-ring (bicyclic) bond motifs is 1. The monoisotopic (exact) mass is 402 g/mol. The van der Waals surface area contributed by atoms with Gasteiger partial charge in [0.1, 0.15) is 11.3 Å². The normalized spacial score (nSPS) is 21.9. The summed E-state index contributed by atoms with van der Waals surface area (Å²) in [5.41, 5.74) is 4.24. The average molecular weight is 403 g/mol. The van der Waals surface area contributed by atoms with Gasteiger partial charge in [0.25, 0.3) is 5.91 Å². The van der Waals surface area contributed by atoms with E-state index in [1.807, 2.05) is 40.6 Å². The number of likely N-dealkylation sites (tertiary alicyclic amines) is 2. The largest absolute Gasteiger partial charge is 0.337 e. The Bertz CT molecular complexity index is 1050. The second kappa shape index (κ2) is 7.55. The molecule has 30 heavy (non-hydrogen) atoms. The fourth-order valence-corrected chi connectivity index (χ4v) is 5.57. The first-order chi connectivity index (χ1) is 14.5. The van der Waals surface area contributed by atoms with E-state index in [0.29, 0.717) is 17.0 Å². The first-order valence-corrected chi connectivity index (χ1v) is 11.0. The van der Waals surface area contributed by atoms with Crippen molar-refractivity contribution in [2.24, 2.45) is 5.41 Å². The minimum absolute atomic E-state index is 0.0664. The molecule has 4 heterocycles. The molecule has 1 atom stereocenters. The number of hydrogen-bond acceptors (Lipinski definition) is 3. The third-order valence-electron chi connectivity index (χ3n) is 7.11. The van der Waals surface area contributed by atoms with Crippen LogP contribution in [0.15, 0.2) is 54.7 Å². The van der Waals surface area contributed by atoms with Crippen molar-refractivity contribution in [2.45, 2.75) is 32.1 Å². The number of imidazole rings is 1. The number of amides is 1. The quantitative estimate of drug-likeness (QED) is 0.651. The van der Waals surface area contributed by atoms with Crippen LogP contribution in [0.5, 0.6) is 0 Å². The Morgan fingerprint density at radius 1 is 1.07 bits per heavy atom. The van der Waals surface area contributed by atoms with Crippen molar-refractivity contribution in [3.8, 4) is 0 Å². The van der Waals surface area contributed by atoms with Crippen LogP contribution in [-0.2, 0) is 0 Å². The van der Waals surface area contributed by atoms with Crippen molar-refractivity contribution in [3.05, 3.63) is 71.7 Å². The number of carbonyl (C=O) groups excluding carboxylic acids is 1. The Hall–Kier alpha value is -2.66. The molecule has 5 nitrogen and oxygen atoms in total. The molecule has 0 aliphatic carbocycles. The lowest BCUT2D eigenvalue weighted by Crippen LogP contribution is -2.51. The Morgan fingerprint density at radius 3 is 2.57 bits per heavy atom. The Kier molecular flexibility index (Phi) is 4.86. The van der Waals surface area contributed by atoms with E-state index in [0.717, 1.165) is 50.4 Å². The lowest BCUT2D eigenvalue weighted by Gasteiger charge is -2.49. The van der Waals surface area contributed by atoms with Crippen molar-refractivity contribution < 1.29 is 4.79 Å². The molecule has 2 aliphatic rings. The number of aryl methyl sites for hydroxylation is 1. The van der Waals surface area contributed by atoms with Crippen molar-refractivity contribution in [1.29, 1.82) is 0 Å². The van der Waals surface area contributed by atoms with E-state index in [9.17, 15) is 4.79 Å². The molecule has 2 aromatic heterocycles. The third-order valence-corrected chi connectivity index (χ3v) is 7.11. The minimum atomic E-state index is 0.0664. The molecule has 0 saturated carbocycles. The number of rotatable bonds is 2. The predicted molar refractivity (Wildman–Crippen MR) is 119 cm³/mol. The molecular formula is C25H30N4O. The smallest absolute Gasteiger partial charge is 0.274 e. The van der Waals surface area contributed by atoms with Gasteiger partial charge in [-0.1, -0.05) is 36.4 Å². The van der Waals surface area contributed by atoms with Gasteiger partial charge in [-0.15, -0.1) is 0 Å². The van der Waals surface area contributed by atoms with E-state index in [4.69, 9.17) is 0 Å². The molecule has 1 spiro atoms. The van der Waals surface area contributed by atoms with Crippen molar-refractivity contribution >= 4 is 11.6 Å². The maximum absolute atomic E-state index is 13.1. The summed E-state index contributed by atoms with van der Waals surface area (Å²) in [6, 6.07) is 16.9. The van der Waals surface area contributed by atoms with Crippen LogP contribution < -0.4 is 0 Å². The molecule has 156 valence electrons. The molecule has 3 aromatic rings. The summed E-state index contributed by atoms with van der Waals surface area (Å²) in [7, 11) is 2.24. The number of likely N-dealkylation sites (N-methyl/N-ethyl adjacent to an activating group) is 1. The number of benzene rings is 1. The van der Waals surface area contributed by atoms with Gasteiger partial charge >= 0.3 is 0 Å². The highest BCUT2D eigenvalue weighted by Crippen LogP contribution is 2.44. The van der Waals surface area contributed by atoms with Gasteiger partial charge in [0.15, 0.2) is 0 Å². The fraction of sp³-hybridized carbons (Fsp3) is 0.440. The summed E-state index contributed by atoms with van der Waals surface area (Å²) in [6.45, 7) is 5.93. The number of hydrogen-bond donors (Lipinski definition) is 0. The van der Waals surface area contributed by atoms with E-state index in [1.54, 1.807) is 0 Å². The summed E-state index contributed by atoms with van der Waals surface area (Å²) in [6.07, 6.45) is 5.24. The van der Waals surface area contributed by atoms with Crippen molar-refractivity contribution in [2.75, 3.05) is 33.2 Å². The highest BCUT2D eigenvalue weighted by molar-refractivity contribution is 5.93. The zero-order valence-corrected chi connectivity index (χ0v) is 17.9. The standard InChI is InChI=1S/C25H30N4O/c1-19-7-6-10-23-26-22(17-29(19)23)24(30)28-13-11-25(12-14-28)15-21(16-27(2)18-25)20-8-4-3-5-9-20/h3-10,17,21H,11-16,18H2,1-2H3/t21-/m1/s1. The highest BCUT2D eigenvalue weighted by atomic mass is 16.2. The van der Waals surface area contributed by atoms with E-state index in [-0.39, 0.29) is 5.91 Å². The third kappa shape index (κ3) is 3.52. The molecule has 2 saturated heterocycles. The Morgan fingerprint density at radius 2 is 1.83 bits per heavy atom. The van der Waals surface area contributed by atoms with Gasteiger partial charge in [0.05, 0.1) is 0 Å². The van der Waals surface area contributed by atoms with Crippen LogP contribution in [-0.4, -0.2) is 58.3 Å². The van der Waals surface area contributed by atoms with Gasteiger partial charge in [0, 0.05) is 38.1 Å². The summed E-state index contributed by atoms with van der Waals surface area (Å²) >= 11 is 0. The Balaban J connectivity index is 1.30. The second-order valence-electron chi connectivity index (χ2n) is 9.32. The highest BCUT2D eigenvalue weighted by Gasteiger charge is 2.42. The summed E-state index contributed by atoms with van der Waals surface area (Å²) in [5, 5.41) is 0. The second-order valence-corrected chi connectivity index (χ2v) is 9.32. The number of piperidine rings is 2. The van der Waals surface area contributed by atoms with Crippen LogP contribution >= 0.6 is 0 Å². The zero-order valence-electron chi connectivity index (χ0n) is 17.9. The molecule has 5 heteroatoms. The number of aromatic nitrogens is 2. The van der Waals surface area contributed by atoms with Crippen molar-refractivity contribution in [3.63, 3.8) is 0 Å². The van der Waals surface area contributed by atoms with Crippen LogP contribution in [0.4, 0.5) is 0 Å². The molecule has 0 N–H and O–H groups in total. The SMILES string of the molecule is Cc1cccc2nc(C(=O)N3CCC4(CC3)C[C@@H](c3ccccc3)CN(C)C4)cn12. The maximum Gasteiger partial charge on any atom is 0.274 e. The molecule has 0 bridgehead atoms. The van der Waals surface area contributed by atoms with Gasteiger partial charge in [-0.05, 0) is 62.3 Å². The lowest BCUT2D eigenvalue weighted by molar-refractivity contribution is 0.0222. The molecular weight excluding hydrogens is 372 g/mol.